The minimum absolute atomic E-state index is 0.555. The number of aryl methyl sites for hydroxylation is 2. The Hall–Kier alpha value is -2.45. The molecule has 3 aliphatic rings. The number of fused-ring (bicyclic) bond motifs is 2. The van der Waals surface area contributed by atoms with Crippen LogP contribution < -0.4 is 4.90 Å². The van der Waals surface area contributed by atoms with Gasteiger partial charge >= 0.3 is 0 Å². The third-order valence-electron chi connectivity index (χ3n) is 5.02. The summed E-state index contributed by atoms with van der Waals surface area (Å²) in [6.45, 7) is 6.94. The van der Waals surface area contributed by atoms with Gasteiger partial charge in [0.05, 0.1) is 11.6 Å². The summed E-state index contributed by atoms with van der Waals surface area (Å²) in [7, 11) is 0. The van der Waals surface area contributed by atoms with E-state index in [0.717, 1.165) is 42.5 Å². The zero-order valence-electron chi connectivity index (χ0n) is 14.1. The predicted octanol–water partition coefficient (Wildman–Crippen LogP) is 2.43. The predicted molar refractivity (Wildman–Crippen MR) is 92.6 cm³/mol. The van der Waals surface area contributed by atoms with E-state index in [-0.39, 0.29) is 0 Å². The molecule has 5 rings (SSSR count). The second-order valence-corrected chi connectivity index (χ2v) is 6.88. The Labute approximate surface area is 142 Å². The first-order valence-corrected chi connectivity index (χ1v) is 8.44. The molecule has 3 saturated heterocycles. The number of piperidine rings is 1. The van der Waals surface area contributed by atoms with Crippen molar-refractivity contribution in [2.75, 3.05) is 18.0 Å². The van der Waals surface area contributed by atoms with E-state index in [1.165, 1.54) is 12.0 Å². The Balaban J connectivity index is 1.46. The SMILES string of the molecule is Cc1cc(C)nc(N2CC3CC(C2)N3Cc2cccc(C#N)c2)n1. The van der Waals surface area contributed by atoms with Crippen LogP contribution >= 0.6 is 0 Å². The lowest BCUT2D eigenvalue weighted by molar-refractivity contribution is -0.00897. The second kappa shape index (κ2) is 5.88. The van der Waals surface area contributed by atoms with Gasteiger partial charge in [-0.2, -0.15) is 5.26 Å². The summed E-state index contributed by atoms with van der Waals surface area (Å²) in [5.74, 6) is 0.869. The molecule has 4 heterocycles. The zero-order chi connectivity index (χ0) is 16.7. The third kappa shape index (κ3) is 2.74. The quantitative estimate of drug-likeness (QED) is 0.869. The van der Waals surface area contributed by atoms with E-state index in [1.807, 2.05) is 38.1 Å². The molecule has 2 bridgehead atoms. The maximum atomic E-state index is 9.05. The van der Waals surface area contributed by atoms with Crippen LogP contribution in [-0.2, 0) is 6.54 Å². The number of aromatic nitrogens is 2. The van der Waals surface area contributed by atoms with Crippen LogP contribution in [-0.4, -0.2) is 40.0 Å². The number of hydrogen-bond acceptors (Lipinski definition) is 5. The van der Waals surface area contributed by atoms with Crippen LogP contribution in [0.4, 0.5) is 5.95 Å². The van der Waals surface area contributed by atoms with Crippen molar-refractivity contribution < 1.29 is 0 Å². The molecule has 0 radical (unpaired) electrons. The largest absolute Gasteiger partial charge is 0.338 e. The molecule has 2 atom stereocenters. The fourth-order valence-electron chi connectivity index (χ4n) is 3.91. The van der Waals surface area contributed by atoms with Crippen molar-refractivity contribution in [3.63, 3.8) is 0 Å². The van der Waals surface area contributed by atoms with Crippen molar-refractivity contribution in [2.45, 2.75) is 38.9 Å². The molecule has 1 aromatic carbocycles. The number of rotatable bonds is 3. The zero-order valence-corrected chi connectivity index (χ0v) is 14.1. The molecule has 3 aliphatic heterocycles. The Morgan fingerprint density at radius 1 is 1.12 bits per heavy atom. The Bertz CT molecular complexity index is 777. The highest BCUT2D eigenvalue weighted by Crippen LogP contribution is 2.35. The molecule has 0 amide bonds. The molecule has 5 nitrogen and oxygen atoms in total. The van der Waals surface area contributed by atoms with E-state index >= 15 is 0 Å². The highest BCUT2D eigenvalue weighted by atomic mass is 15.4. The van der Waals surface area contributed by atoms with Crippen molar-refractivity contribution >= 4 is 5.95 Å². The monoisotopic (exact) mass is 319 g/mol. The normalized spacial score (nSPS) is 22.8. The van der Waals surface area contributed by atoms with Crippen molar-refractivity contribution in [3.8, 4) is 6.07 Å². The summed E-state index contributed by atoms with van der Waals surface area (Å²) in [6.07, 6.45) is 1.25. The van der Waals surface area contributed by atoms with Gasteiger partial charge in [-0.1, -0.05) is 12.1 Å². The van der Waals surface area contributed by atoms with Gasteiger partial charge in [-0.3, -0.25) is 4.90 Å². The summed E-state index contributed by atoms with van der Waals surface area (Å²) >= 11 is 0. The van der Waals surface area contributed by atoms with Gasteiger partial charge < -0.3 is 4.90 Å². The Morgan fingerprint density at radius 3 is 2.50 bits per heavy atom. The molecule has 0 spiro atoms. The van der Waals surface area contributed by atoms with Gasteiger partial charge in [-0.05, 0) is 44.0 Å². The van der Waals surface area contributed by atoms with Gasteiger partial charge in [0.2, 0.25) is 5.95 Å². The molecular formula is C19H21N5. The fourth-order valence-corrected chi connectivity index (χ4v) is 3.91. The molecule has 1 aromatic heterocycles. The van der Waals surface area contributed by atoms with Crippen molar-refractivity contribution in [2.24, 2.45) is 0 Å². The number of anilines is 1. The van der Waals surface area contributed by atoms with Crippen LogP contribution in [0.2, 0.25) is 0 Å². The summed E-state index contributed by atoms with van der Waals surface area (Å²) in [6, 6.07) is 13.3. The summed E-state index contributed by atoms with van der Waals surface area (Å²) in [5, 5.41) is 9.05. The van der Waals surface area contributed by atoms with Crippen molar-refractivity contribution in [1.82, 2.24) is 14.9 Å². The van der Waals surface area contributed by atoms with E-state index < -0.39 is 0 Å². The molecule has 122 valence electrons. The van der Waals surface area contributed by atoms with Crippen LogP contribution in [0.25, 0.3) is 0 Å². The first kappa shape index (κ1) is 15.1. The summed E-state index contributed by atoms with van der Waals surface area (Å²) < 4.78 is 0. The van der Waals surface area contributed by atoms with Gasteiger partial charge in [-0.15, -0.1) is 0 Å². The maximum absolute atomic E-state index is 9.05. The lowest BCUT2D eigenvalue weighted by Gasteiger charge is -2.56. The van der Waals surface area contributed by atoms with E-state index in [9.17, 15) is 0 Å². The number of hydrogen-bond donors (Lipinski definition) is 0. The Kier molecular flexibility index (Phi) is 3.70. The highest BCUT2D eigenvalue weighted by Gasteiger charge is 2.45. The summed E-state index contributed by atoms with van der Waals surface area (Å²) in [4.78, 5) is 14.1. The van der Waals surface area contributed by atoms with Crippen molar-refractivity contribution in [1.29, 1.82) is 5.26 Å². The average molecular weight is 319 g/mol. The molecule has 2 unspecified atom stereocenters. The highest BCUT2D eigenvalue weighted by molar-refractivity contribution is 5.37. The van der Waals surface area contributed by atoms with Crippen molar-refractivity contribution in [3.05, 3.63) is 52.8 Å². The molecular weight excluding hydrogens is 298 g/mol. The van der Waals surface area contributed by atoms with Crippen LogP contribution in [0.15, 0.2) is 30.3 Å². The van der Waals surface area contributed by atoms with Gasteiger partial charge in [0.1, 0.15) is 0 Å². The maximum Gasteiger partial charge on any atom is 0.225 e. The molecule has 3 fully saturated rings. The van der Waals surface area contributed by atoms with Gasteiger partial charge in [-0.25, -0.2) is 9.97 Å². The van der Waals surface area contributed by atoms with E-state index in [0.29, 0.717) is 12.1 Å². The van der Waals surface area contributed by atoms with Gasteiger partial charge in [0.15, 0.2) is 0 Å². The van der Waals surface area contributed by atoms with E-state index in [1.54, 1.807) is 0 Å². The molecule has 2 aromatic rings. The molecule has 0 saturated carbocycles. The second-order valence-electron chi connectivity index (χ2n) is 6.88. The molecule has 0 N–H and O–H groups in total. The number of benzene rings is 1. The number of nitrogens with zero attached hydrogens (tertiary/aromatic N) is 5. The van der Waals surface area contributed by atoms with E-state index in [2.05, 4.69) is 31.9 Å². The minimum Gasteiger partial charge on any atom is -0.338 e. The van der Waals surface area contributed by atoms with Crippen LogP contribution in [0.1, 0.15) is 28.9 Å². The molecule has 5 heteroatoms. The lowest BCUT2D eigenvalue weighted by Crippen LogP contribution is -2.68. The van der Waals surface area contributed by atoms with Gasteiger partial charge in [0, 0.05) is 43.1 Å². The first-order chi connectivity index (χ1) is 11.6. The van der Waals surface area contributed by atoms with Crippen LogP contribution in [0.3, 0.4) is 0 Å². The third-order valence-corrected chi connectivity index (χ3v) is 5.02. The summed E-state index contributed by atoms with van der Waals surface area (Å²) in [5.41, 5.74) is 4.02. The van der Waals surface area contributed by atoms with Crippen LogP contribution in [0.5, 0.6) is 0 Å². The fraction of sp³-hybridized carbons (Fsp3) is 0.421. The minimum atomic E-state index is 0.555. The van der Waals surface area contributed by atoms with E-state index in [4.69, 9.17) is 5.26 Å². The van der Waals surface area contributed by atoms with Crippen LogP contribution in [0, 0.1) is 25.2 Å². The smallest absolute Gasteiger partial charge is 0.225 e. The number of piperazine rings is 1. The lowest BCUT2D eigenvalue weighted by atomic mass is 9.87. The first-order valence-electron chi connectivity index (χ1n) is 8.44. The standard InChI is InChI=1S/C19H21N5/c1-13-6-14(2)22-19(21-13)23-11-17-8-18(12-23)24(17)10-16-5-3-4-15(7-16)9-20/h3-7,17-18H,8,10-12H2,1-2H3. The topological polar surface area (TPSA) is 56.1 Å². The number of nitriles is 1. The molecule has 24 heavy (non-hydrogen) atoms. The average Bonchev–Trinajstić information content (AvgIpc) is 2.59. The molecule has 0 aliphatic carbocycles. The Morgan fingerprint density at radius 2 is 1.83 bits per heavy atom. The van der Waals surface area contributed by atoms with Gasteiger partial charge in [0.25, 0.3) is 0 Å².